The molecule has 0 aliphatic heterocycles. The third kappa shape index (κ3) is 2.92. The number of hydrogen-bond donors (Lipinski definition) is 1. The van der Waals surface area contributed by atoms with Crippen LogP contribution in [-0.2, 0) is 7.05 Å². The molecular weight excluding hydrogens is 326 g/mol. The van der Waals surface area contributed by atoms with Crippen molar-refractivity contribution in [3.8, 4) is 11.8 Å². The Hall–Kier alpha value is -2.97. The second-order valence-electron chi connectivity index (χ2n) is 5.16. The van der Waals surface area contributed by atoms with Crippen LogP contribution in [0.4, 0.5) is 5.69 Å². The normalized spacial score (nSPS) is 10.4. The molecule has 0 atom stereocenters. The molecule has 0 radical (unpaired) electrons. The standard InChI is InChI=1S/C18H14ClN3O2/c1-22-15-5-3-2-4-14(15)16(19)17(22)18(23)21-12-6-8-13(9-7-12)24-11-10-20/h2-9H,11H2,1H3,(H,21,23). The van der Waals surface area contributed by atoms with E-state index in [1.807, 2.05) is 37.4 Å². The zero-order chi connectivity index (χ0) is 17.1. The average molecular weight is 340 g/mol. The molecule has 0 fully saturated rings. The molecule has 0 unspecified atom stereocenters. The summed E-state index contributed by atoms with van der Waals surface area (Å²) in [7, 11) is 1.81. The summed E-state index contributed by atoms with van der Waals surface area (Å²) in [4.78, 5) is 12.6. The van der Waals surface area contributed by atoms with Gasteiger partial charge in [-0.1, -0.05) is 29.8 Å². The van der Waals surface area contributed by atoms with E-state index in [-0.39, 0.29) is 12.5 Å². The highest BCUT2D eigenvalue weighted by atomic mass is 35.5. The maximum absolute atomic E-state index is 12.6. The van der Waals surface area contributed by atoms with E-state index < -0.39 is 0 Å². The van der Waals surface area contributed by atoms with E-state index in [0.29, 0.717) is 22.2 Å². The Morgan fingerprint density at radius 2 is 1.96 bits per heavy atom. The maximum atomic E-state index is 12.6. The summed E-state index contributed by atoms with van der Waals surface area (Å²) in [6.07, 6.45) is 0. The second-order valence-corrected chi connectivity index (χ2v) is 5.54. The lowest BCUT2D eigenvalue weighted by Gasteiger charge is -2.08. The number of anilines is 1. The summed E-state index contributed by atoms with van der Waals surface area (Å²) in [5, 5.41) is 12.6. The fourth-order valence-corrected chi connectivity index (χ4v) is 2.91. The van der Waals surface area contributed by atoms with Gasteiger partial charge in [0.2, 0.25) is 0 Å². The second kappa shape index (κ2) is 6.65. The minimum atomic E-state index is -0.288. The SMILES string of the molecule is Cn1c(C(=O)Nc2ccc(OCC#N)cc2)c(Cl)c2ccccc21. The van der Waals surface area contributed by atoms with Gasteiger partial charge < -0.3 is 14.6 Å². The number of rotatable bonds is 4. The Morgan fingerprint density at radius 3 is 2.62 bits per heavy atom. The highest BCUT2D eigenvalue weighted by molar-refractivity contribution is 6.39. The van der Waals surface area contributed by atoms with Crippen LogP contribution >= 0.6 is 11.6 Å². The first-order chi connectivity index (χ1) is 11.6. The molecule has 1 amide bonds. The van der Waals surface area contributed by atoms with Crippen LogP contribution in [0.5, 0.6) is 5.75 Å². The van der Waals surface area contributed by atoms with Crippen molar-refractivity contribution in [2.24, 2.45) is 7.05 Å². The Kier molecular flexibility index (Phi) is 4.41. The molecule has 5 nitrogen and oxygen atoms in total. The van der Waals surface area contributed by atoms with Gasteiger partial charge in [-0.05, 0) is 30.3 Å². The number of carbonyl (C=O) groups excluding carboxylic acids is 1. The number of nitriles is 1. The van der Waals surface area contributed by atoms with Crippen LogP contribution in [0.15, 0.2) is 48.5 Å². The third-order valence-electron chi connectivity index (χ3n) is 3.68. The summed E-state index contributed by atoms with van der Waals surface area (Å²) in [6.45, 7) is -0.0166. The number of hydrogen-bond acceptors (Lipinski definition) is 3. The first-order valence-electron chi connectivity index (χ1n) is 7.26. The molecule has 1 heterocycles. The molecular formula is C18H14ClN3O2. The van der Waals surface area contributed by atoms with E-state index in [0.717, 1.165) is 10.9 Å². The number of halogens is 1. The molecule has 0 saturated carbocycles. The van der Waals surface area contributed by atoms with Gasteiger partial charge in [0.1, 0.15) is 17.5 Å². The van der Waals surface area contributed by atoms with Crippen molar-refractivity contribution < 1.29 is 9.53 Å². The van der Waals surface area contributed by atoms with E-state index >= 15 is 0 Å². The monoisotopic (exact) mass is 339 g/mol. The molecule has 6 heteroatoms. The van der Waals surface area contributed by atoms with Crippen molar-refractivity contribution >= 4 is 34.1 Å². The fourth-order valence-electron chi connectivity index (χ4n) is 2.54. The Bertz CT molecular complexity index is 900. The van der Waals surface area contributed by atoms with Crippen LogP contribution in [0.3, 0.4) is 0 Å². The largest absolute Gasteiger partial charge is 0.479 e. The van der Waals surface area contributed by atoms with Crippen LogP contribution in [0, 0.1) is 11.3 Å². The molecule has 1 N–H and O–H groups in total. The molecule has 2 aromatic carbocycles. The van der Waals surface area contributed by atoms with Gasteiger partial charge in [0.25, 0.3) is 5.91 Å². The minimum Gasteiger partial charge on any atom is -0.479 e. The zero-order valence-corrected chi connectivity index (χ0v) is 13.7. The number of amides is 1. The van der Waals surface area contributed by atoms with Gasteiger partial charge in [0, 0.05) is 23.6 Å². The van der Waals surface area contributed by atoms with Crippen LogP contribution in [0.2, 0.25) is 5.02 Å². The highest BCUT2D eigenvalue weighted by Crippen LogP contribution is 2.30. The van der Waals surface area contributed by atoms with E-state index in [1.54, 1.807) is 28.8 Å². The predicted octanol–water partition coefficient (Wildman–Crippen LogP) is 3.99. The zero-order valence-electron chi connectivity index (χ0n) is 12.9. The van der Waals surface area contributed by atoms with E-state index in [1.165, 1.54) is 0 Å². The molecule has 0 spiro atoms. The number of benzene rings is 2. The van der Waals surface area contributed by atoms with Crippen LogP contribution in [-0.4, -0.2) is 17.1 Å². The number of ether oxygens (including phenoxy) is 1. The molecule has 0 aliphatic rings. The lowest BCUT2D eigenvalue weighted by atomic mass is 10.2. The van der Waals surface area contributed by atoms with Crippen molar-refractivity contribution in [2.45, 2.75) is 0 Å². The van der Waals surface area contributed by atoms with Gasteiger partial charge in [-0.15, -0.1) is 0 Å². The van der Waals surface area contributed by atoms with E-state index in [4.69, 9.17) is 21.6 Å². The van der Waals surface area contributed by atoms with Gasteiger partial charge in [-0.3, -0.25) is 4.79 Å². The van der Waals surface area contributed by atoms with Crippen LogP contribution in [0.25, 0.3) is 10.9 Å². The summed E-state index contributed by atoms with van der Waals surface area (Å²) < 4.78 is 6.95. The quantitative estimate of drug-likeness (QED) is 0.781. The Morgan fingerprint density at radius 1 is 1.25 bits per heavy atom. The number of carbonyl (C=O) groups is 1. The number of nitrogens with zero attached hydrogens (tertiary/aromatic N) is 2. The fraction of sp³-hybridized carbons (Fsp3) is 0.111. The van der Waals surface area contributed by atoms with Gasteiger partial charge in [-0.25, -0.2) is 0 Å². The molecule has 0 saturated heterocycles. The van der Waals surface area contributed by atoms with Crippen LogP contribution in [0.1, 0.15) is 10.5 Å². The Labute approximate surface area is 144 Å². The smallest absolute Gasteiger partial charge is 0.273 e. The number of para-hydroxylation sites is 1. The van der Waals surface area contributed by atoms with Gasteiger partial charge in [-0.2, -0.15) is 5.26 Å². The molecule has 0 aliphatic carbocycles. The molecule has 3 aromatic rings. The lowest BCUT2D eigenvalue weighted by molar-refractivity contribution is 0.102. The number of aryl methyl sites for hydroxylation is 1. The molecule has 0 bridgehead atoms. The van der Waals surface area contributed by atoms with Crippen molar-refractivity contribution in [3.63, 3.8) is 0 Å². The Balaban J connectivity index is 1.84. The number of nitrogens with one attached hydrogen (secondary N) is 1. The van der Waals surface area contributed by atoms with Crippen molar-refractivity contribution in [1.82, 2.24) is 4.57 Å². The first kappa shape index (κ1) is 15.9. The van der Waals surface area contributed by atoms with Crippen molar-refractivity contribution in [2.75, 3.05) is 11.9 Å². The third-order valence-corrected chi connectivity index (χ3v) is 4.06. The van der Waals surface area contributed by atoms with Crippen LogP contribution < -0.4 is 10.1 Å². The lowest BCUT2D eigenvalue weighted by Crippen LogP contribution is -2.16. The van der Waals surface area contributed by atoms with E-state index in [2.05, 4.69) is 5.32 Å². The topological polar surface area (TPSA) is 67.1 Å². The maximum Gasteiger partial charge on any atom is 0.273 e. The first-order valence-corrected chi connectivity index (χ1v) is 7.63. The predicted molar refractivity (Wildman–Crippen MR) is 93.4 cm³/mol. The molecule has 24 heavy (non-hydrogen) atoms. The van der Waals surface area contributed by atoms with Gasteiger partial charge in [0.05, 0.1) is 5.02 Å². The minimum absolute atomic E-state index is 0.0166. The van der Waals surface area contributed by atoms with Gasteiger partial charge in [0.15, 0.2) is 6.61 Å². The average Bonchev–Trinajstić information content (AvgIpc) is 2.86. The highest BCUT2D eigenvalue weighted by Gasteiger charge is 2.19. The summed E-state index contributed by atoms with van der Waals surface area (Å²) >= 11 is 6.37. The summed E-state index contributed by atoms with van der Waals surface area (Å²) in [5.74, 6) is 0.279. The molecule has 3 rings (SSSR count). The van der Waals surface area contributed by atoms with E-state index in [9.17, 15) is 4.79 Å². The van der Waals surface area contributed by atoms with Crippen molar-refractivity contribution in [1.29, 1.82) is 5.26 Å². The number of fused-ring (bicyclic) bond motifs is 1. The summed E-state index contributed by atoms with van der Waals surface area (Å²) in [6, 6.07) is 16.3. The summed E-state index contributed by atoms with van der Waals surface area (Å²) in [5.41, 5.74) is 1.92. The molecule has 120 valence electrons. The van der Waals surface area contributed by atoms with Gasteiger partial charge >= 0.3 is 0 Å². The number of aromatic nitrogens is 1. The van der Waals surface area contributed by atoms with Crippen molar-refractivity contribution in [3.05, 3.63) is 59.2 Å². The molecule has 1 aromatic heterocycles.